The summed E-state index contributed by atoms with van der Waals surface area (Å²) >= 11 is 0. The van der Waals surface area contributed by atoms with Crippen LogP contribution in [0.3, 0.4) is 0 Å². The molecule has 9 heteroatoms. The second-order valence-electron chi connectivity index (χ2n) is 6.08. The quantitative estimate of drug-likeness (QED) is 0.469. The number of phosphoric acid groups is 1. The van der Waals surface area contributed by atoms with Crippen LogP contribution in [0.15, 0.2) is 0 Å². The summed E-state index contributed by atoms with van der Waals surface area (Å²) in [5.74, 6) is 0. The minimum Gasteiger partial charge on any atom is -0.391 e. The van der Waals surface area contributed by atoms with Gasteiger partial charge in [0.25, 0.3) is 0 Å². The SMILES string of the molecule is C[N+](C)(C)CCO.C[N+](C)(C)CCOP(=O)(O)O.Cl. The first-order valence-corrected chi connectivity index (χ1v) is 7.22. The van der Waals surface area contributed by atoms with E-state index in [9.17, 15) is 4.57 Å². The van der Waals surface area contributed by atoms with Gasteiger partial charge in [-0.3, -0.25) is 4.52 Å². The van der Waals surface area contributed by atoms with Crippen LogP contribution in [-0.4, -0.2) is 92.4 Å². The molecule has 0 radical (unpaired) electrons. The monoisotopic (exact) mass is 324 g/mol. The molecule has 0 aliphatic rings. The Kier molecular flexibility index (Phi) is 12.9. The van der Waals surface area contributed by atoms with Crippen molar-refractivity contribution in [2.24, 2.45) is 0 Å². The van der Waals surface area contributed by atoms with Crippen LogP contribution in [-0.2, 0) is 9.09 Å². The molecule has 120 valence electrons. The lowest BCUT2D eigenvalue weighted by Crippen LogP contribution is -2.37. The Morgan fingerprint density at radius 3 is 1.47 bits per heavy atom. The zero-order valence-electron chi connectivity index (χ0n) is 12.7. The number of hydrogen-bond donors (Lipinski definition) is 3. The van der Waals surface area contributed by atoms with E-state index < -0.39 is 7.82 Å². The van der Waals surface area contributed by atoms with Crippen LogP contribution < -0.4 is 0 Å². The maximum atomic E-state index is 10.2. The Hall–Kier alpha value is 0.280. The van der Waals surface area contributed by atoms with Crippen LogP contribution in [0.2, 0.25) is 0 Å². The number of likely N-dealkylation sites (N-methyl/N-ethyl adjacent to an activating group) is 2. The summed E-state index contributed by atoms with van der Waals surface area (Å²) in [5.41, 5.74) is 0. The maximum absolute atomic E-state index is 10.2. The molecule has 0 unspecified atom stereocenters. The average molecular weight is 325 g/mol. The number of phosphoric ester groups is 1. The molecule has 0 bridgehead atoms. The van der Waals surface area contributed by atoms with Gasteiger partial charge in [0.15, 0.2) is 0 Å². The molecule has 0 rings (SSSR count). The largest absolute Gasteiger partial charge is 0.469 e. The van der Waals surface area contributed by atoms with Crippen LogP contribution >= 0.6 is 20.2 Å². The lowest BCUT2D eigenvalue weighted by Gasteiger charge is -2.23. The van der Waals surface area contributed by atoms with Crippen LogP contribution in [0, 0.1) is 0 Å². The first-order chi connectivity index (χ1) is 7.77. The average Bonchev–Trinajstić information content (AvgIpc) is 1.96. The van der Waals surface area contributed by atoms with Crippen molar-refractivity contribution in [3.05, 3.63) is 0 Å². The lowest BCUT2D eigenvalue weighted by atomic mass is 10.5. The molecular formula is C10H30ClN2O5P+2. The minimum atomic E-state index is -4.26. The highest BCUT2D eigenvalue weighted by molar-refractivity contribution is 7.46. The molecule has 0 atom stereocenters. The van der Waals surface area contributed by atoms with Crippen LogP contribution in [0.25, 0.3) is 0 Å². The summed E-state index contributed by atoms with van der Waals surface area (Å²) in [6, 6.07) is 0. The topological polar surface area (TPSA) is 87.0 Å². The van der Waals surface area contributed by atoms with Crippen molar-refractivity contribution in [2.45, 2.75) is 0 Å². The fraction of sp³-hybridized carbons (Fsp3) is 1.00. The van der Waals surface area contributed by atoms with E-state index in [-0.39, 0.29) is 25.6 Å². The third-order valence-electron chi connectivity index (χ3n) is 1.79. The van der Waals surface area contributed by atoms with Gasteiger partial charge < -0.3 is 23.9 Å². The van der Waals surface area contributed by atoms with Gasteiger partial charge in [-0.1, -0.05) is 0 Å². The molecule has 19 heavy (non-hydrogen) atoms. The van der Waals surface area contributed by atoms with E-state index >= 15 is 0 Å². The van der Waals surface area contributed by atoms with E-state index in [1.54, 1.807) is 0 Å². The highest BCUT2D eigenvalue weighted by atomic mass is 35.5. The second kappa shape index (κ2) is 10.1. The second-order valence-corrected chi connectivity index (χ2v) is 7.31. The number of nitrogens with zero attached hydrogens (tertiary/aromatic N) is 2. The number of hydrogen-bond acceptors (Lipinski definition) is 3. The van der Waals surface area contributed by atoms with E-state index in [1.165, 1.54) is 0 Å². The number of quaternary nitrogens is 2. The van der Waals surface area contributed by atoms with Crippen molar-refractivity contribution in [1.29, 1.82) is 0 Å². The van der Waals surface area contributed by atoms with Gasteiger partial charge in [0.1, 0.15) is 19.7 Å². The molecule has 0 saturated carbocycles. The third-order valence-corrected chi connectivity index (χ3v) is 2.31. The molecule has 0 heterocycles. The fourth-order valence-electron chi connectivity index (χ4n) is 0.734. The van der Waals surface area contributed by atoms with Crippen molar-refractivity contribution < 1.29 is 32.9 Å². The van der Waals surface area contributed by atoms with E-state index in [0.29, 0.717) is 11.0 Å². The summed E-state index contributed by atoms with van der Waals surface area (Å²) in [5, 5.41) is 8.39. The molecule has 3 N–H and O–H groups in total. The molecule has 0 amide bonds. The lowest BCUT2D eigenvalue weighted by molar-refractivity contribution is -0.870. The molecule has 0 aromatic carbocycles. The molecule has 0 aliphatic heterocycles. The predicted molar refractivity (Wildman–Crippen MR) is 78.1 cm³/mol. The normalized spacial score (nSPS) is 12.3. The maximum Gasteiger partial charge on any atom is 0.469 e. The molecule has 7 nitrogen and oxygen atoms in total. The number of rotatable bonds is 6. The van der Waals surface area contributed by atoms with Crippen molar-refractivity contribution >= 4 is 20.2 Å². The summed E-state index contributed by atoms with van der Waals surface area (Å²) in [4.78, 5) is 16.6. The van der Waals surface area contributed by atoms with Gasteiger partial charge in [0.2, 0.25) is 0 Å². The van der Waals surface area contributed by atoms with Crippen molar-refractivity contribution in [1.82, 2.24) is 0 Å². The van der Waals surface area contributed by atoms with Gasteiger partial charge in [-0.25, -0.2) is 4.57 Å². The van der Waals surface area contributed by atoms with Gasteiger partial charge in [-0.05, 0) is 0 Å². The highest BCUT2D eigenvalue weighted by Crippen LogP contribution is 2.35. The molecule has 0 spiro atoms. The summed E-state index contributed by atoms with van der Waals surface area (Å²) in [6.07, 6.45) is 0. The smallest absolute Gasteiger partial charge is 0.391 e. The van der Waals surface area contributed by atoms with Crippen molar-refractivity contribution in [3.63, 3.8) is 0 Å². The third kappa shape index (κ3) is 32.1. The Labute approximate surface area is 122 Å². The molecule has 0 saturated heterocycles. The zero-order valence-corrected chi connectivity index (χ0v) is 14.4. The molecule has 0 aliphatic carbocycles. The number of aliphatic hydroxyl groups is 1. The minimum absolute atomic E-state index is 0. The molecule has 0 fully saturated rings. The van der Waals surface area contributed by atoms with Gasteiger partial charge in [-0.15, -0.1) is 12.4 Å². The standard InChI is InChI=1S/C5H14NO4P.C5H14NO.ClH/c1-6(2,3)4-5-10-11(7,8)9;1-6(2,3)4-5-7;/h4-5H2,1-3H3,(H-,7,8,9);7H,4-5H2,1-3H3;1H/q;+1;/p+1. The first-order valence-electron chi connectivity index (χ1n) is 5.69. The Morgan fingerprint density at radius 2 is 1.32 bits per heavy atom. The van der Waals surface area contributed by atoms with Crippen molar-refractivity contribution in [3.8, 4) is 0 Å². The molecule has 0 aromatic rings. The fourth-order valence-corrected chi connectivity index (χ4v) is 1.05. The molecule has 0 aromatic heterocycles. The van der Waals surface area contributed by atoms with Crippen molar-refractivity contribution in [2.75, 3.05) is 68.6 Å². The molecular weight excluding hydrogens is 295 g/mol. The summed E-state index contributed by atoms with van der Waals surface area (Å²) in [6.45, 7) is 1.77. The van der Waals surface area contributed by atoms with E-state index in [4.69, 9.17) is 14.9 Å². The summed E-state index contributed by atoms with van der Waals surface area (Å²) < 4.78 is 15.9. The van der Waals surface area contributed by atoms with Crippen LogP contribution in [0.4, 0.5) is 0 Å². The first kappa shape index (κ1) is 24.3. The van der Waals surface area contributed by atoms with Gasteiger partial charge in [0.05, 0.1) is 48.9 Å². The predicted octanol–water partition coefficient (Wildman–Crippen LogP) is -0.0914. The number of aliphatic hydroxyl groups excluding tert-OH is 1. The Morgan fingerprint density at radius 1 is 0.947 bits per heavy atom. The van der Waals surface area contributed by atoms with E-state index in [1.807, 2.05) is 21.1 Å². The van der Waals surface area contributed by atoms with Gasteiger partial charge in [0, 0.05) is 0 Å². The van der Waals surface area contributed by atoms with E-state index in [2.05, 4.69) is 25.7 Å². The van der Waals surface area contributed by atoms with Gasteiger partial charge >= 0.3 is 7.82 Å². The van der Waals surface area contributed by atoms with E-state index in [0.717, 1.165) is 11.0 Å². The van der Waals surface area contributed by atoms with Crippen LogP contribution in [0.1, 0.15) is 0 Å². The summed E-state index contributed by atoms with van der Waals surface area (Å²) in [7, 11) is 7.65. The van der Waals surface area contributed by atoms with Crippen LogP contribution in [0.5, 0.6) is 0 Å². The highest BCUT2D eigenvalue weighted by Gasteiger charge is 2.15. The Balaban J connectivity index is -0.000000280. The number of halogens is 1. The Bertz CT molecular complexity index is 260. The van der Waals surface area contributed by atoms with Gasteiger partial charge in [-0.2, -0.15) is 0 Å². The zero-order chi connectivity index (χ0) is 15.0.